The molecule has 0 unspecified atom stereocenters. The first-order valence-electron chi connectivity index (χ1n) is 13.3. The fourth-order valence-electron chi connectivity index (χ4n) is 5.87. The highest BCUT2D eigenvalue weighted by Gasteiger charge is 2.46. The van der Waals surface area contributed by atoms with Gasteiger partial charge in [-0.05, 0) is 66.8 Å². The van der Waals surface area contributed by atoms with Crippen molar-refractivity contribution in [3.63, 3.8) is 0 Å². The van der Waals surface area contributed by atoms with Crippen molar-refractivity contribution >= 4 is 28.8 Å². The number of nitrogens with zero attached hydrogens (tertiary/aromatic N) is 2. The Hall–Kier alpha value is -4.51. The minimum Gasteiger partial charge on any atom is -0.497 e. The lowest BCUT2D eigenvalue weighted by molar-refractivity contribution is -0.122. The second-order valence-corrected chi connectivity index (χ2v) is 10.3. The number of benzene rings is 4. The lowest BCUT2D eigenvalue weighted by Gasteiger charge is -2.39. The second kappa shape index (κ2) is 10.3. The number of carbonyl (C=O) groups is 2. The number of fused-ring (bicyclic) bond motifs is 2. The van der Waals surface area contributed by atoms with Crippen molar-refractivity contribution < 1.29 is 14.3 Å². The number of anilines is 1. The molecule has 0 spiro atoms. The maximum Gasteiger partial charge on any atom is 0.258 e. The van der Waals surface area contributed by atoms with Crippen LogP contribution in [0.15, 0.2) is 108 Å². The highest BCUT2D eigenvalue weighted by Crippen LogP contribution is 2.47. The molecular weight excluding hydrogens is 484 g/mol. The molecule has 194 valence electrons. The van der Waals surface area contributed by atoms with Gasteiger partial charge in [-0.2, -0.15) is 0 Å². The number of amides is 1. The highest BCUT2D eigenvalue weighted by atomic mass is 16.5. The van der Waals surface area contributed by atoms with Crippen LogP contribution in [-0.4, -0.2) is 24.5 Å². The summed E-state index contributed by atoms with van der Waals surface area (Å²) in [6.45, 7) is 2.04. The molecule has 4 aromatic carbocycles. The number of hydrogen-bond donors (Lipinski definition) is 0. The third-order valence-electron chi connectivity index (χ3n) is 7.85. The van der Waals surface area contributed by atoms with E-state index in [1.54, 1.807) is 7.11 Å². The van der Waals surface area contributed by atoms with E-state index >= 15 is 0 Å². The Morgan fingerprint density at radius 3 is 2.21 bits per heavy atom. The number of methoxy groups -OCH3 is 1. The predicted molar refractivity (Wildman–Crippen MR) is 154 cm³/mol. The molecule has 0 radical (unpaired) electrons. The van der Waals surface area contributed by atoms with Crippen LogP contribution in [0.3, 0.4) is 0 Å². The van der Waals surface area contributed by atoms with Gasteiger partial charge in [0.1, 0.15) is 11.5 Å². The van der Waals surface area contributed by atoms with Crippen LogP contribution < -0.4 is 9.64 Å². The Morgan fingerprint density at radius 2 is 1.49 bits per heavy atom. The summed E-state index contributed by atoms with van der Waals surface area (Å²) in [6.07, 6.45) is 1.04. The Kier molecular flexibility index (Phi) is 6.57. The van der Waals surface area contributed by atoms with Crippen LogP contribution in [0.4, 0.5) is 11.4 Å². The van der Waals surface area contributed by atoms with Crippen molar-refractivity contribution in [1.29, 1.82) is 0 Å². The van der Waals surface area contributed by atoms with Crippen LogP contribution in [0.2, 0.25) is 0 Å². The van der Waals surface area contributed by atoms with Gasteiger partial charge >= 0.3 is 0 Å². The van der Waals surface area contributed by atoms with E-state index in [-0.39, 0.29) is 17.6 Å². The fraction of sp³-hybridized carbons (Fsp3) is 0.206. The molecule has 2 aliphatic rings. The monoisotopic (exact) mass is 514 g/mol. The van der Waals surface area contributed by atoms with Gasteiger partial charge in [0.05, 0.1) is 30.4 Å². The van der Waals surface area contributed by atoms with Crippen LogP contribution >= 0.6 is 0 Å². The van der Waals surface area contributed by atoms with Crippen LogP contribution in [-0.2, 0) is 4.79 Å². The quantitative estimate of drug-likeness (QED) is 0.288. The summed E-state index contributed by atoms with van der Waals surface area (Å²) in [7, 11) is 1.65. The molecule has 1 aliphatic heterocycles. The third kappa shape index (κ3) is 4.65. The van der Waals surface area contributed by atoms with Crippen LogP contribution in [0.5, 0.6) is 5.75 Å². The smallest absolute Gasteiger partial charge is 0.258 e. The van der Waals surface area contributed by atoms with Crippen molar-refractivity contribution in [2.24, 2.45) is 10.9 Å². The summed E-state index contributed by atoms with van der Waals surface area (Å²) >= 11 is 0. The van der Waals surface area contributed by atoms with Crippen molar-refractivity contribution in [2.75, 3.05) is 12.0 Å². The molecule has 0 saturated heterocycles. The standard InChI is InChI=1S/C34H30N2O3/c1-22-12-14-24(15-13-22)33-32-29(20-26(21-31(32)37)23-16-18-27(39-2)19-17-23)35-28-10-6-7-11-30(28)36(33)34(38)25-8-4-3-5-9-25/h3-19,26,32-33H,20-21H2,1-2H3/t26-,32-,33-/m1/s1. The zero-order valence-corrected chi connectivity index (χ0v) is 22.1. The molecule has 5 heteroatoms. The molecule has 1 amide bonds. The number of carbonyl (C=O) groups excluding carboxylic acids is 2. The van der Waals surface area contributed by atoms with Crippen LogP contribution in [0, 0.1) is 12.8 Å². The zero-order chi connectivity index (χ0) is 26.9. The SMILES string of the molecule is COc1ccc([C@H]2CC(=O)[C@H]3C(=Nc4ccccc4N(C(=O)c4ccccc4)[C@@H]3c3ccc(C)cc3)C2)cc1. The normalized spacial score (nSPS) is 20.4. The summed E-state index contributed by atoms with van der Waals surface area (Å²) in [6, 6.07) is 32.6. The van der Waals surface area contributed by atoms with Crippen molar-refractivity contribution in [2.45, 2.75) is 31.7 Å². The summed E-state index contributed by atoms with van der Waals surface area (Å²) in [4.78, 5) is 35.3. The average molecular weight is 515 g/mol. The van der Waals surface area contributed by atoms with E-state index < -0.39 is 12.0 Å². The van der Waals surface area contributed by atoms with Gasteiger partial charge in [0.15, 0.2) is 0 Å². The van der Waals surface area contributed by atoms with Gasteiger partial charge < -0.3 is 4.74 Å². The summed E-state index contributed by atoms with van der Waals surface area (Å²) in [5, 5.41) is 0. The molecule has 4 aromatic rings. The molecule has 0 N–H and O–H groups in total. The van der Waals surface area contributed by atoms with Crippen molar-refractivity contribution in [1.82, 2.24) is 0 Å². The van der Waals surface area contributed by atoms with Gasteiger partial charge in [-0.15, -0.1) is 0 Å². The molecule has 3 atom stereocenters. The van der Waals surface area contributed by atoms with Gasteiger partial charge in [-0.25, -0.2) is 0 Å². The van der Waals surface area contributed by atoms with Crippen LogP contribution in [0.1, 0.15) is 51.8 Å². The molecule has 0 aromatic heterocycles. The predicted octanol–water partition coefficient (Wildman–Crippen LogP) is 7.24. The third-order valence-corrected chi connectivity index (χ3v) is 7.85. The van der Waals surface area contributed by atoms with Gasteiger partial charge in [-0.1, -0.05) is 72.3 Å². The molecule has 6 rings (SSSR count). The lowest BCUT2D eigenvalue weighted by atomic mass is 9.72. The molecular formula is C34H30N2O3. The number of ketones is 1. The maximum absolute atomic E-state index is 14.2. The topological polar surface area (TPSA) is 59.0 Å². The highest BCUT2D eigenvalue weighted by molar-refractivity contribution is 6.15. The Bertz CT molecular complexity index is 1540. The average Bonchev–Trinajstić information content (AvgIpc) is 3.12. The van der Waals surface area contributed by atoms with E-state index in [0.717, 1.165) is 28.2 Å². The van der Waals surface area contributed by atoms with E-state index in [4.69, 9.17) is 9.73 Å². The molecule has 1 aliphatic carbocycles. The number of para-hydroxylation sites is 2. The number of aliphatic imine (C=N–C) groups is 1. The van der Waals surface area contributed by atoms with Crippen LogP contribution in [0.25, 0.3) is 0 Å². The Labute approximate surface area is 228 Å². The number of ether oxygens (including phenoxy) is 1. The maximum atomic E-state index is 14.2. The number of Topliss-reactive ketones (excluding diaryl/α,β-unsaturated/α-hetero) is 1. The van der Waals surface area contributed by atoms with Gasteiger partial charge in [0.2, 0.25) is 0 Å². The summed E-state index contributed by atoms with van der Waals surface area (Å²) in [5.41, 5.74) is 5.97. The Balaban J connectivity index is 1.51. The summed E-state index contributed by atoms with van der Waals surface area (Å²) < 4.78 is 5.33. The Morgan fingerprint density at radius 1 is 0.821 bits per heavy atom. The van der Waals surface area contributed by atoms with Gasteiger partial charge in [0.25, 0.3) is 5.91 Å². The molecule has 1 fully saturated rings. The zero-order valence-electron chi connectivity index (χ0n) is 22.1. The van der Waals surface area contributed by atoms with Gasteiger partial charge in [0, 0.05) is 17.7 Å². The molecule has 5 nitrogen and oxygen atoms in total. The minimum absolute atomic E-state index is 0.0145. The van der Waals surface area contributed by atoms with Crippen molar-refractivity contribution in [3.8, 4) is 5.75 Å². The van der Waals surface area contributed by atoms with Gasteiger partial charge in [-0.3, -0.25) is 19.5 Å². The lowest BCUT2D eigenvalue weighted by Crippen LogP contribution is -2.45. The number of hydrogen-bond acceptors (Lipinski definition) is 4. The molecule has 1 saturated carbocycles. The first kappa shape index (κ1) is 24.8. The number of aryl methyl sites for hydroxylation is 1. The van der Waals surface area contributed by atoms with E-state index in [9.17, 15) is 9.59 Å². The van der Waals surface area contributed by atoms with E-state index in [1.165, 1.54) is 0 Å². The van der Waals surface area contributed by atoms with E-state index in [0.29, 0.717) is 29.8 Å². The first-order chi connectivity index (χ1) is 19.0. The molecule has 39 heavy (non-hydrogen) atoms. The van der Waals surface area contributed by atoms with E-state index in [2.05, 4.69) is 0 Å². The first-order valence-corrected chi connectivity index (χ1v) is 13.3. The molecule has 0 bridgehead atoms. The summed E-state index contributed by atoms with van der Waals surface area (Å²) in [5.74, 6) is 0.220. The van der Waals surface area contributed by atoms with E-state index in [1.807, 2.05) is 115 Å². The number of rotatable bonds is 4. The molecule has 1 heterocycles. The van der Waals surface area contributed by atoms with Crippen molar-refractivity contribution in [3.05, 3.63) is 125 Å². The fourth-order valence-corrected chi connectivity index (χ4v) is 5.87. The second-order valence-electron chi connectivity index (χ2n) is 10.3. The minimum atomic E-state index is -0.540. The largest absolute Gasteiger partial charge is 0.497 e.